The predicted molar refractivity (Wildman–Crippen MR) is 94.0 cm³/mol. The molecule has 0 amide bonds. The van der Waals surface area contributed by atoms with E-state index in [-0.39, 0.29) is 5.78 Å². The van der Waals surface area contributed by atoms with Gasteiger partial charge in [0, 0.05) is 20.1 Å². The summed E-state index contributed by atoms with van der Waals surface area (Å²) in [6.45, 7) is 1.98. The van der Waals surface area contributed by atoms with Crippen molar-refractivity contribution in [1.29, 1.82) is 0 Å². The number of ketones is 1. The van der Waals surface area contributed by atoms with Crippen LogP contribution in [0.1, 0.15) is 21.5 Å². The lowest BCUT2D eigenvalue weighted by Crippen LogP contribution is -2.05. The van der Waals surface area contributed by atoms with Crippen molar-refractivity contribution in [2.45, 2.75) is 6.92 Å². The average Bonchev–Trinajstić information content (AvgIpc) is 2.46. The summed E-state index contributed by atoms with van der Waals surface area (Å²) in [5.74, 6) is 0.0451. The zero-order chi connectivity index (χ0) is 15.0. The van der Waals surface area contributed by atoms with E-state index in [4.69, 9.17) is 0 Å². The minimum atomic E-state index is 0.0451. The molecule has 0 atom stereocenters. The first-order valence-electron chi connectivity index (χ1n) is 6.56. The molecular formula is C18H12Br2O. The van der Waals surface area contributed by atoms with Crippen molar-refractivity contribution in [3.05, 3.63) is 80.2 Å². The molecule has 0 radical (unpaired) electrons. The molecule has 0 aliphatic heterocycles. The van der Waals surface area contributed by atoms with E-state index in [0.717, 1.165) is 30.8 Å². The number of aryl methyl sites for hydroxylation is 1. The van der Waals surface area contributed by atoms with E-state index in [0.29, 0.717) is 5.56 Å². The minimum absolute atomic E-state index is 0.0451. The lowest BCUT2D eigenvalue weighted by Gasteiger charge is -2.11. The Balaban J connectivity index is 2.24. The number of carbonyl (C=O) groups excluding carboxylic acids is 1. The molecule has 0 N–H and O–H groups in total. The topological polar surface area (TPSA) is 17.1 Å². The van der Waals surface area contributed by atoms with Gasteiger partial charge in [0.1, 0.15) is 0 Å². The van der Waals surface area contributed by atoms with Crippen molar-refractivity contribution in [3.63, 3.8) is 0 Å². The molecule has 3 aromatic carbocycles. The van der Waals surface area contributed by atoms with E-state index in [1.54, 1.807) is 0 Å². The number of benzene rings is 3. The Morgan fingerprint density at radius 3 is 2.48 bits per heavy atom. The molecule has 0 bridgehead atoms. The van der Waals surface area contributed by atoms with Crippen LogP contribution in [0.2, 0.25) is 0 Å². The summed E-state index contributed by atoms with van der Waals surface area (Å²) in [5, 5.41) is 2.08. The first-order chi connectivity index (χ1) is 10.1. The predicted octanol–water partition coefficient (Wildman–Crippen LogP) is 5.90. The van der Waals surface area contributed by atoms with Crippen molar-refractivity contribution in [2.24, 2.45) is 0 Å². The zero-order valence-corrected chi connectivity index (χ0v) is 14.5. The monoisotopic (exact) mass is 402 g/mol. The molecule has 0 saturated heterocycles. The maximum atomic E-state index is 13.0. The van der Waals surface area contributed by atoms with Crippen LogP contribution in [0.15, 0.2) is 63.5 Å². The first-order valence-corrected chi connectivity index (χ1v) is 8.14. The van der Waals surface area contributed by atoms with Crippen LogP contribution < -0.4 is 0 Å². The standard InChI is InChI=1S/C18H12Br2O/c1-11-6-7-12-4-2-3-5-14(12)17(11)18(21)15-9-8-13(19)10-16(15)20/h2-10H,1H3. The highest BCUT2D eigenvalue weighted by atomic mass is 79.9. The molecule has 21 heavy (non-hydrogen) atoms. The summed E-state index contributed by atoms with van der Waals surface area (Å²) in [5.41, 5.74) is 2.45. The molecule has 0 unspecified atom stereocenters. The number of hydrogen-bond donors (Lipinski definition) is 0. The number of halogens is 2. The molecule has 0 spiro atoms. The smallest absolute Gasteiger partial charge is 0.195 e. The van der Waals surface area contributed by atoms with Crippen molar-refractivity contribution < 1.29 is 4.79 Å². The second kappa shape index (κ2) is 5.74. The second-order valence-electron chi connectivity index (χ2n) is 4.93. The highest BCUT2D eigenvalue weighted by molar-refractivity contribution is 9.11. The minimum Gasteiger partial charge on any atom is -0.289 e. The zero-order valence-electron chi connectivity index (χ0n) is 11.4. The van der Waals surface area contributed by atoms with Gasteiger partial charge >= 0.3 is 0 Å². The maximum Gasteiger partial charge on any atom is 0.195 e. The van der Waals surface area contributed by atoms with Crippen LogP contribution in [0.4, 0.5) is 0 Å². The molecule has 3 aromatic rings. The van der Waals surface area contributed by atoms with Crippen LogP contribution in [-0.2, 0) is 0 Å². The third-order valence-corrected chi connectivity index (χ3v) is 4.69. The van der Waals surface area contributed by atoms with Gasteiger partial charge in [0.15, 0.2) is 5.78 Å². The Morgan fingerprint density at radius 2 is 1.71 bits per heavy atom. The summed E-state index contributed by atoms with van der Waals surface area (Å²) < 4.78 is 1.75. The van der Waals surface area contributed by atoms with Crippen LogP contribution in [0.5, 0.6) is 0 Å². The summed E-state index contributed by atoms with van der Waals surface area (Å²) >= 11 is 6.90. The van der Waals surface area contributed by atoms with Crippen LogP contribution in [0.3, 0.4) is 0 Å². The second-order valence-corrected chi connectivity index (χ2v) is 6.70. The SMILES string of the molecule is Cc1ccc2ccccc2c1C(=O)c1ccc(Br)cc1Br. The van der Waals surface area contributed by atoms with Gasteiger partial charge in [0.25, 0.3) is 0 Å². The van der Waals surface area contributed by atoms with E-state index < -0.39 is 0 Å². The largest absolute Gasteiger partial charge is 0.289 e. The Labute approximate surface area is 140 Å². The lowest BCUT2D eigenvalue weighted by atomic mass is 9.93. The first kappa shape index (κ1) is 14.5. The fourth-order valence-corrected chi connectivity index (χ4v) is 3.72. The van der Waals surface area contributed by atoms with Gasteiger partial charge in [0.2, 0.25) is 0 Å². The van der Waals surface area contributed by atoms with Crippen molar-refractivity contribution >= 4 is 48.4 Å². The molecule has 0 aliphatic carbocycles. The van der Waals surface area contributed by atoms with Crippen LogP contribution in [-0.4, -0.2) is 5.78 Å². The summed E-state index contributed by atoms with van der Waals surface area (Å²) in [6, 6.07) is 17.7. The van der Waals surface area contributed by atoms with Gasteiger partial charge < -0.3 is 0 Å². The van der Waals surface area contributed by atoms with E-state index >= 15 is 0 Å². The summed E-state index contributed by atoms with van der Waals surface area (Å²) in [6.07, 6.45) is 0. The molecule has 0 saturated carbocycles. The quantitative estimate of drug-likeness (QED) is 0.486. The van der Waals surface area contributed by atoms with Crippen LogP contribution >= 0.6 is 31.9 Å². The molecule has 0 heterocycles. The highest BCUT2D eigenvalue weighted by Crippen LogP contribution is 2.29. The van der Waals surface area contributed by atoms with Gasteiger partial charge in [-0.3, -0.25) is 4.79 Å². The Bertz CT molecular complexity index is 853. The third-order valence-electron chi connectivity index (χ3n) is 3.54. The molecule has 0 fully saturated rings. The number of rotatable bonds is 2. The van der Waals surface area contributed by atoms with Gasteiger partial charge in [-0.05, 0) is 57.4 Å². The fraction of sp³-hybridized carbons (Fsp3) is 0.0556. The fourth-order valence-electron chi connectivity index (χ4n) is 2.49. The highest BCUT2D eigenvalue weighted by Gasteiger charge is 2.17. The Morgan fingerprint density at radius 1 is 0.952 bits per heavy atom. The average molecular weight is 404 g/mol. The normalized spacial score (nSPS) is 10.8. The van der Waals surface area contributed by atoms with Crippen molar-refractivity contribution in [3.8, 4) is 0 Å². The summed E-state index contributed by atoms with van der Waals surface area (Å²) in [7, 11) is 0. The molecule has 3 heteroatoms. The van der Waals surface area contributed by atoms with Crippen molar-refractivity contribution in [2.75, 3.05) is 0 Å². The molecular weight excluding hydrogens is 392 g/mol. The number of carbonyl (C=O) groups is 1. The van der Waals surface area contributed by atoms with Crippen LogP contribution in [0, 0.1) is 6.92 Å². The van der Waals surface area contributed by atoms with Gasteiger partial charge in [-0.25, -0.2) is 0 Å². The van der Waals surface area contributed by atoms with E-state index in [1.165, 1.54) is 0 Å². The van der Waals surface area contributed by atoms with Gasteiger partial charge in [-0.2, -0.15) is 0 Å². The molecule has 3 rings (SSSR count). The lowest BCUT2D eigenvalue weighted by molar-refractivity contribution is 0.103. The number of fused-ring (bicyclic) bond motifs is 1. The third kappa shape index (κ3) is 2.68. The molecule has 104 valence electrons. The van der Waals surface area contributed by atoms with Crippen LogP contribution in [0.25, 0.3) is 10.8 Å². The summed E-state index contributed by atoms with van der Waals surface area (Å²) in [4.78, 5) is 13.0. The van der Waals surface area contributed by atoms with Gasteiger partial charge in [-0.15, -0.1) is 0 Å². The van der Waals surface area contributed by atoms with Crippen molar-refractivity contribution in [1.82, 2.24) is 0 Å². The van der Waals surface area contributed by atoms with Gasteiger partial charge in [0.05, 0.1) is 0 Å². The van der Waals surface area contributed by atoms with E-state index in [1.807, 2.05) is 55.5 Å². The number of hydrogen-bond acceptors (Lipinski definition) is 1. The molecule has 1 nitrogen and oxygen atoms in total. The van der Waals surface area contributed by atoms with Gasteiger partial charge in [-0.1, -0.05) is 52.3 Å². The van der Waals surface area contributed by atoms with E-state index in [9.17, 15) is 4.79 Å². The molecule has 0 aliphatic rings. The Kier molecular flexibility index (Phi) is 3.96. The maximum absolute atomic E-state index is 13.0. The molecule has 0 aromatic heterocycles. The van der Waals surface area contributed by atoms with E-state index in [2.05, 4.69) is 37.9 Å². The Hall–Kier alpha value is -1.45.